The first-order chi connectivity index (χ1) is 8.81. The van der Waals surface area contributed by atoms with Gasteiger partial charge in [-0.25, -0.2) is 4.98 Å². The largest absolute Gasteiger partial charge is 0.333 e. The van der Waals surface area contributed by atoms with Gasteiger partial charge in [0.1, 0.15) is 4.88 Å². The van der Waals surface area contributed by atoms with Crippen molar-refractivity contribution in [2.24, 2.45) is 0 Å². The molecule has 1 fully saturated rings. The second kappa shape index (κ2) is 5.13. The highest BCUT2D eigenvalue weighted by Crippen LogP contribution is 2.23. The lowest BCUT2D eigenvalue weighted by molar-refractivity contribution is 0.225. The molecule has 0 atom stereocenters. The number of aromatic nitrogens is 3. The van der Waals surface area contributed by atoms with Gasteiger partial charge in [0, 0.05) is 26.2 Å². The van der Waals surface area contributed by atoms with E-state index in [1.165, 1.54) is 0 Å². The number of thiazole rings is 1. The van der Waals surface area contributed by atoms with E-state index in [9.17, 15) is 0 Å². The lowest BCUT2D eigenvalue weighted by Gasteiger charge is -2.25. The monoisotopic (exact) mass is 265 g/mol. The number of nitrogens with one attached hydrogen (secondary N) is 1. The first-order valence-corrected chi connectivity index (χ1v) is 6.81. The van der Waals surface area contributed by atoms with Gasteiger partial charge in [0.05, 0.1) is 17.7 Å². The predicted octanol–water partition coefficient (Wildman–Crippen LogP) is 0.907. The van der Waals surface area contributed by atoms with Crippen molar-refractivity contribution in [3.05, 3.63) is 17.0 Å². The van der Waals surface area contributed by atoms with Crippen LogP contribution in [0.25, 0.3) is 10.8 Å². The van der Waals surface area contributed by atoms with E-state index in [1.807, 2.05) is 6.92 Å². The van der Waals surface area contributed by atoms with Crippen LogP contribution in [0.2, 0.25) is 0 Å². The van der Waals surface area contributed by atoms with Crippen LogP contribution in [-0.4, -0.2) is 46.2 Å². The fourth-order valence-electron chi connectivity index (χ4n) is 1.95. The highest BCUT2D eigenvalue weighted by molar-refractivity contribution is 7.14. The van der Waals surface area contributed by atoms with Gasteiger partial charge in [-0.15, -0.1) is 11.3 Å². The molecule has 0 saturated carbocycles. The Balaban J connectivity index is 1.69. The Bertz CT molecular complexity index is 517. The quantitative estimate of drug-likeness (QED) is 0.889. The number of rotatable bonds is 3. The van der Waals surface area contributed by atoms with E-state index >= 15 is 0 Å². The van der Waals surface area contributed by atoms with Gasteiger partial charge in [-0.05, 0) is 6.92 Å². The van der Waals surface area contributed by atoms with Crippen LogP contribution in [-0.2, 0) is 6.54 Å². The van der Waals surface area contributed by atoms with Crippen molar-refractivity contribution >= 4 is 11.3 Å². The van der Waals surface area contributed by atoms with Gasteiger partial charge in [-0.3, -0.25) is 4.90 Å². The Morgan fingerprint density at radius 1 is 1.44 bits per heavy atom. The summed E-state index contributed by atoms with van der Waals surface area (Å²) in [6.45, 7) is 6.83. The molecule has 1 saturated heterocycles. The van der Waals surface area contributed by atoms with Crippen molar-refractivity contribution in [1.29, 1.82) is 0 Å². The third-order valence-corrected chi connectivity index (χ3v) is 3.78. The zero-order valence-electron chi connectivity index (χ0n) is 10.2. The molecule has 6 nitrogen and oxygen atoms in total. The minimum Gasteiger partial charge on any atom is -0.333 e. The lowest BCUT2D eigenvalue weighted by atomic mass is 10.3. The molecule has 0 aromatic carbocycles. The van der Waals surface area contributed by atoms with Gasteiger partial charge in [0.2, 0.25) is 0 Å². The smallest absolute Gasteiger partial charge is 0.269 e. The van der Waals surface area contributed by atoms with Crippen molar-refractivity contribution in [3.63, 3.8) is 0 Å². The molecule has 0 amide bonds. The second-order valence-corrected chi connectivity index (χ2v) is 5.52. The molecule has 2 aromatic heterocycles. The van der Waals surface area contributed by atoms with Gasteiger partial charge in [0.15, 0.2) is 5.82 Å². The summed E-state index contributed by atoms with van der Waals surface area (Å²) in [6.07, 6.45) is 1.78. The van der Waals surface area contributed by atoms with Crippen molar-refractivity contribution in [2.45, 2.75) is 13.5 Å². The maximum atomic E-state index is 5.27. The molecule has 96 valence electrons. The summed E-state index contributed by atoms with van der Waals surface area (Å²) in [5.74, 6) is 1.32. The van der Waals surface area contributed by atoms with E-state index in [0.29, 0.717) is 5.89 Å². The summed E-state index contributed by atoms with van der Waals surface area (Å²) in [6, 6.07) is 0. The maximum absolute atomic E-state index is 5.27. The predicted molar refractivity (Wildman–Crippen MR) is 68.3 cm³/mol. The summed E-state index contributed by atoms with van der Waals surface area (Å²) in [5, 5.41) is 8.35. The number of hydrogen-bond acceptors (Lipinski definition) is 7. The molecule has 0 bridgehead atoms. The molecule has 3 heterocycles. The third-order valence-electron chi connectivity index (χ3n) is 2.87. The molecule has 2 aromatic rings. The highest BCUT2D eigenvalue weighted by atomic mass is 32.1. The van der Waals surface area contributed by atoms with Crippen molar-refractivity contribution in [1.82, 2.24) is 25.3 Å². The van der Waals surface area contributed by atoms with Crippen molar-refractivity contribution < 1.29 is 4.52 Å². The number of nitrogens with zero attached hydrogens (tertiary/aromatic N) is 4. The standard InChI is InChI=1S/C11H15N5OS/c1-8-13-6-9(18-8)11-14-10(15-17-11)7-16-4-2-12-3-5-16/h6,12H,2-5,7H2,1H3. The van der Waals surface area contributed by atoms with Crippen LogP contribution in [0.5, 0.6) is 0 Å². The van der Waals surface area contributed by atoms with E-state index in [4.69, 9.17) is 4.52 Å². The molecular formula is C11H15N5OS. The van der Waals surface area contributed by atoms with Crippen LogP contribution in [0, 0.1) is 6.92 Å². The number of piperazine rings is 1. The van der Waals surface area contributed by atoms with E-state index in [2.05, 4.69) is 25.3 Å². The zero-order chi connectivity index (χ0) is 12.4. The van der Waals surface area contributed by atoms with Crippen molar-refractivity contribution in [2.75, 3.05) is 26.2 Å². The van der Waals surface area contributed by atoms with E-state index < -0.39 is 0 Å². The minimum atomic E-state index is 0.575. The highest BCUT2D eigenvalue weighted by Gasteiger charge is 2.15. The second-order valence-electron chi connectivity index (χ2n) is 4.29. The minimum absolute atomic E-state index is 0.575. The number of hydrogen-bond donors (Lipinski definition) is 1. The molecular weight excluding hydrogens is 250 g/mol. The topological polar surface area (TPSA) is 67.1 Å². The van der Waals surface area contributed by atoms with E-state index in [1.54, 1.807) is 17.5 Å². The summed E-state index contributed by atoms with van der Waals surface area (Å²) < 4.78 is 5.27. The van der Waals surface area contributed by atoms with Crippen LogP contribution >= 0.6 is 11.3 Å². The molecule has 0 radical (unpaired) electrons. The van der Waals surface area contributed by atoms with Gasteiger partial charge < -0.3 is 9.84 Å². The summed E-state index contributed by atoms with van der Waals surface area (Å²) in [5.41, 5.74) is 0. The molecule has 0 spiro atoms. The first-order valence-electron chi connectivity index (χ1n) is 6.00. The molecule has 1 aliphatic heterocycles. The van der Waals surface area contributed by atoms with Gasteiger partial charge >= 0.3 is 0 Å². The average Bonchev–Trinajstić information content (AvgIpc) is 2.99. The Labute approximate surface area is 109 Å². The fraction of sp³-hybridized carbons (Fsp3) is 0.545. The maximum Gasteiger partial charge on any atom is 0.269 e. The summed E-state index contributed by atoms with van der Waals surface area (Å²) >= 11 is 1.57. The van der Waals surface area contributed by atoms with Crippen LogP contribution in [0.1, 0.15) is 10.8 Å². The number of aryl methyl sites for hydroxylation is 1. The SMILES string of the molecule is Cc1ncc(-c2nc(CN3CCNCC3)no2)s1. The fourth-order valence-corrected chi connectivity index (χ4v) is 2.65. The lowest BCUT2D eigenvalue weighted by Crippen LogP contribution is -2.43. The Kier molecular flexibility index (Phi) is 3.35. The van der Waals surface area contributed by atoms with Crippen LogP contribution in [0.15, 0.2) is 10.7 Å². The molecule has 3 rings (SSSR count). The Morgan fingerprint density at radius 3 is 3.00 bits per heavy atom. The van der Waals surface area contributed by atoms with E-state index in [0.717, 1.165) is 48.4 Å². The van der Waals surface area contributed by atoms with E-state index in [-0.39, 0.29) is 0 Å². The van der Waals surface area contributed by atoms with Crippen LogP contribution in [0.3, 0.4) is 0 Å². The first kappa shape index (κ1) is 11.8. The summed E-state index contributed by atoms with van der Waals surface area (Å²) in [4.78, 5) is 11.9. The van der Waals surface area contributed by atoms with Crippen LogP contribution < -0.4 is 5.32 Å². The molecule has 7 heteroatoms. The molecule has 1 aliphatic rings. The zero-order valence-corrected chi connectivity index (χ0v) is 11.0. The molecule has 18 heavy (non-hydrogen) atoms. The third kappa shape index (κ3) is 2.58. The van der Waals surface area contributed by atoms with Crippen LogP contribution in [0.4, 0.5) is 0 Å². The Hall–Kier alpha value is -1.31. The van der Waals surface area contributed by atoms with Gasteiger partial charge in [-0.2, -0.15) is 4.98 Å². The normalized spacial score (nSPS) is 17.2. The molecule has 1 N–H and O–H groups in total. The Morgan fingerprint density at radius 2 is 2.28 bits per heavy atom. The van der Waals surface area contributed by atoms with Gasteiger partial charge in [0.25, 0.3) is 5.89 Å². The molecule has 0 aliphatic carbocycles. The average molecular weight is 265 g/mol. The van der Waals surface area contributed by atoms with Crippen molar-refractivity contribution in [3.8, 4) is 10.8 Å². The van der Waals surface area contributed by atoms with Gasteiger partial charge in [-0.1, -0.05) is 5.16 Å². The summed E-state index contributed by atoms with van der Waals surface area (Å²) in [7, 11) is 0. The molecule has 0 unspecified atom stereocenters.